The van der Waals surface area contributed by atoms with E-state index in [9.17, 15) is 12.8 Å². The average Bonchev–Trinajstić information content (AvgIpc) is 2.65. The van der Waals surface area contributed by atoms with Crippen LogP contribution in [-0.2, 0) is 23.8 Å². The van der Waals surface area contributed by atoms with Gasteiger partial charge in [0.25, 0.3) is 10.1 Å². The smallest absolute Gasteiger partial charge is 0.264 e. The Labute approximate surface area is 96.4 Å². The standard InChI is InChI=1S/C7H10FN3O5S/c1-17(12,13)16-6-4(8)3-2-14-7(15-3)5(6)10-11-9/h3-7H,2H2,1H3/t3-,4-,5-,6+,7-/m1/s1. The molecule has 2 aliphatic rings. The summed E-state index contributed by atoms with van der Waals surface area (Å²) in [6, 6.07) is -1.16. The van der Waals surface area contributed by atoms with Crippen LogP contribution >= 0.6 is 0 Å². The fraction of sp³-hybridized carbons (Fsp3) is 1.00. The lowest BCUT2D eigenvalue weighted by Crippen LogP contribution is -2.52. The summed E-state index contributed by atoms with van der Waals surface area (Å²) in [6.07, 6.45) is -4.19. The van der Waals surface area contributed by atoms with Gasteiger partial charge in [0.05, 0.1) is 12.9 Å². The topological polar surface area (TPSA) is 111 Å². The summed E-state index contributed by atoms with van der Waals surface area (Å²) >= 11 is 0. The Bertz CT molecular complexity index is 450. The highest BCUT2D eigenvalue weighted by molar-refractivity contribution is 7.86. The van der Waals surface area contributed by atoms with E-state index in [4.69, 9.17) is 15.0 Å². The molecule has 0 saturated carbocycles. The molecule has 0 spiro atoms. The summed E-state index contributed by atoms with van der Waals surface area (Å²) in [5.74, 6) is 0. The molecular weight excluding hydrogens is 257 g/mol. The number of rotatable bonds is 3. The molecule has 2 aliphatic heterocycles. The highest BCUT2D eigenvalue weighted by Gasteiger charge is 2.52. The molecule has 0 aromatic carbocycles. The van der Waals surface area contributed by atoms with Crippen LogP contribution in [0.2, 0.25) is 0 Å². The summed E-state index contributed by atoms with van der Waals surface area (Å²) in [4.78, 5) is 2.51. The van der Waals surface area contributed by atoms with E-state index in [1.54, 1.807) is 0 Å². The number of hydrogen-bond acceptors (Lipinski definition) is 6. The average molecular weight is 267 g/mol. The molecule has 17 heavy (non-hydrogen) atoms. The number of alkyl halides is 1. The van der Waals surface area contributed by atoms with E-state index in [1.165, 1.54) is 0 Å². The molecule has 8 nitrogen and oxygen atoms in total. The molecule has 0 amide bonds. The molecule has 0 unspecified atom stereocenters. The van der Waals surface area contributed by atoms with Gasteiger partial charge in [-0.15, -0.1) is 0 Å². The summed E-state index contributed by atoms with van der Waals surface area (Å²) in [5.41, 5.74) is 8.37. The summed E-state index contributed by atoms with van der Waals surface area (Å²) in [6.45, 7) is -0.0209. The lowest BCUT2D eigenvalue weighted by molar-refractivity contribution is -0.152. The Balaban J connectivity index is 2.28. The Morgan fingerprint density at radius 1 is 1.59 bits per heavy atom. The number of azide groups is 1. The van der Waals surface area contributed by atoms with Gasteiger partial charge in [-0.3, -0.25) is 4.18 Å². The maximum Gasteiger partial charge on any atom is 0.264 e. The SMILES string of the molecule is CS(=O)(=O)O[C@H]1[C@H](F)[C@H]2CO[C@H](O2)[C@@H]1N=[N+]=[N-]. The first-order chi connectivity index (χ1) is 7.92. The number of nitrogens with zero attached hydrogens (tertiary/aromatic N) is 3. The lowest BCUT2D eigenvalue weighted by Gasteiger charge is -2.33. The minimum Gasteiger partial charge on any atom is -0.349 e. The first-order valence-electron chi connectivity index (χ1n) is 4.76. The van der Waals surface area contributed by atoms with E-state index in [1.807, 2.05) is 0 Å². The molecule has 0 radical (unpaired) electrons. The number of hydrogen-bond donors (Lipinski definition) is 0. The molecule has 2 fully saturated rings. The second kappa shape index (κ2) is 4.39. The zero-order valence-electron chi connectivity index (χ0n) is 8.76. The normalized spacial score (nSPS) is 40.9. The molecular formula is C7H10FN3O5S. The van der Waals surface area contributed by atoms with E-state index in [0.717, 1.165) is 6.26 Å². The van der Waals surface area contributed by atoms with E-state index in [-0.39, 0.29) is 6.61 Å². The van der Waals surface area contributed by atoms with Crippen molar-refractivity contribution < 1.29 is 26.5 Å². The van der Waals surface area contributed by atoms with E-state index >= 15 is 0 Å². The maximum atomic E-state index is 13.9. The van der Waals surface area contributed by atoms with Crippen LogP contribution in [0.25, 0.3) is 10.4 Å². The Morgan fingerprint density at radius 3 is 2.88 bits per heavy atom. The second-order valence-corrected chi connectivity index (χ2v) is 5.38. The molecule has 0 N–H and O–H groups in total. The molecule has 0 aromatic rings. The molecule has 0 aromatic heterocycles. The van der Waals surface area contributed by atoms with Crippen molar-refractivity contribution in [2.45, 2.75) is 30.7 Å². The summed E-state index contributed by atoms with van der Waals surface area (Å²) in [5, 5.41) is 3.28. The zero-order valence-corrected chi connectivity index (χ0v) is 9.58. The van der Waals surface area contributed by atoms with E-state index < -0.39 is 40.8 Å². The van der Waals surface area contributed by atoms with Crippen molar-refractivity contribution in [3.8, 4) is 0 Å². The third-order valence-electron chi connectivity index (χ3n) is 2.49. The first-order valence-corrected chi connectivity index (χ1v) is 6.57. The maximum absolute atomic E-state index is 13.9. The molecule has 2 rings (SSSR count). The quantitative estimate of drug-likeness (QED) is 0.312. The fourth-order valence-electron chi connectivity index (χ4n) is 1.83. The molecule has 5 atom stereocenters. The van der Waals surface area contributed by atoms with Crippen LogP contribution in [-0.4, -0.2) is 52.0 Å². The number of ether oxygens (including phenoxy) is 2. The largest absolute Gasteiger partial charge is 0.349 e. The van der Waals surface area contributed by atoms with Gasteiger partial charge in [-0.05, 0) is 5.53 Å². The van der Waals surface area contributed by atoms with Crippen LogP contribution in [0.5, 0.6) is 0 Å². The van der Waals surface area contributed by atoms with Crippen molar-refractivity contribution in [1.29, 1.82) is 0 Å². The van der Waals surface area contributed by atoms with Crippen molar-refractivity contribution in [3.05, 3.63) is 10.4 Å². The van der Waals surface area contributed by atoms with Crippen LogP contribution < -0.4 is 0 Å². The Morgan fingerprint density at radius 2 is 2.29 bits per heavy atom. The third-order valence-corrected chi connectivity index (χ3v) is 3.06. The van der Waals surface area contributed by atoms with Crippen molar-refractivity contribution in [2.24, 2.45) is 5.11 Å². The van der Waals surface area contributed by atoms with Gasteiger partial charge in [0.2, 0.25) is 0 Å². The van der Waals surface area contributed by atoms with Crippen LogP contribution in [0.15, 0.2) is 5.11 Å². The predicted molar refractivity (Wildman–Crippen MR) is 52.2 cm³/mol. The van der Waals surface area contributed by atoms with E-state index in [2.05, 4.69) is 14.2 Å². The molecule has 96 valence electrons. The minimum absolute atomic E-state index is 0.0209. The van der Waals surface area contributed by atoms with Crippen molar-refractivity contribution in [2.75, 3.05) is 12.9 Å². The van der Waals surface area contributed by atoms with Crippen LogP contribution in [0, 0.1) is 0 Å². The molecule has 10 heteroatoms. The molecule has 0 aliphatic carbocycles. The molecule has 2 heterocycles. The van der Waals surface area contributed by atoms with Crippen LogP contribution in [0.3, 0.4) is 0 Å². The molecule has 2 bridgehead atoms. The lowest BCUT2D eigenvalue weighted by atomic mass is 10.0. The van der Waals surface area contributed by atoms with E-state index in [0.29, 0.717) is 0 Å². The van der Waals surface area contributed by atoms with Gasteiger partial charge >= 0.3 is 0 Å². The molecule has 2 saturated heterocycles. The highest BCUT2D eigenvalue weighted by atomic mass is 32.2. The Kier molecular flexibility index (Phi) is 3.23. The summed E-state index contributed by atoms with van der Waals surface area (Å²) in [7, 11) is -3.86. The van der Waals surface area contributed by atoms with Gasteiger partial charge in [-0.1, -0.05) is 5.11 Å². The van der Waals surface area contributed by atoms with Gasteiger partial charge < -0.3 is 9.47 Å². The van der Waals surface area contributed by atoms with Crippen molar-refractivity contribution in [3.63, 3.8) is 0 Å². The van der Waals surface area contributed by atoms with Gasteiger partial charge in [-0.25, -0.2) is 4.39 Å². The van der Waals surface area contributed by atoms with Crippen molar-refractivity contribution >= 4 is 10.1 Å². The minimum atomic E-state index is -3.86. The summed E-state index contributed by atoms with van der Waals surface area (Å²) < 4.78 is 50.7. The second-order valence-electron chi connectivity index (χ2n) is 3.78. The van der Waals surface area contributed by atoms with Crippen LogP contribution in [0.1, 0.15) is 0 Å². The fourth-order valence-corrected chi connectivity index (χ4v) is 2.46. The van der Waals surface area contributed by atoms with Gasteiger partial charge in [0.15, 0.2) is 12.5 Å². The Hall–Kier alpha value is -0.930. The predicted octanol–water partition coefficient (Wildman–Crippen LogP) is 0.103. The van der Waals surface area contributed by atoms with Gasteiger partial charge in [0.1, 0.15) is 18.2 Å². The third kappa shape index (κ3) is 2.50. The monoisotopic (exact) mass is 267 g/mol. The van der Waals surface area contributed by atoms with Gasteiger partial charge in [-0.2, -0.15) is 8.42 Å². The highest BCUT2D eigenvalue weighted by Crippen LogP contribution is 2.34. The van der Waals surface area contributed by atoms with Crippen molar-refractivity contribution in [1.82, 2.24) is 0 Å². The van der Waals surface area contributed by atoms with Crippen LogP contribution in [0.4, 0.5) is 4.39 Å². The zero-order chi connectivity index (χ0) is 12.6. The first kappa shape index (κ1) is 12.5. The number of halogens is 1. The number of fused-ring (bicyclic) bond motifs is 2. The van der Waals surface area contributed by atoms with Gasteiger partial charge in [0, 0.05) is 4.91 Å².